The minimum atomic E-state index is -1.03. The summed E-state index contributed by atoms with van der Waals surface area (Å²) in [6, 6.07) is 33.2. The number of hydrogen-bond acceptors (Lipinski definition) is 10. The number of hydrogen-bond donors (Lipinski definition) is 4. The van der Waals surface area contributed by atoms with Crippen LogP contribution in [0.25, 0.3) is 22.6 Å². The lowest BCUT2D eigenvalue weighted by molar-refractivity contribution is -0.142. The van der Waals surface area contributed by atoms with Gasteiger partial charge in [-0.2, -0.15) is 0 Å². The summed E-state index contributed by atoms with van der Waals surface area (Å²) in [4.78, 5) is 22.1. The Hall–Kier alpha value is -6.14. The Balaban J connectivity index is 0.000000238. The average Bonchev–Trinajstić information content (AvgIpc) is 4.14. The van der Waals surface area contributed by atoms with E-state index in [0.29, 0.717) is 30.3 Å². The van der Waals surface area contributed by atoms with E-state index >= 15 is 0 Å². The molecule has 7 rings (SSSR count). The van der Waals surface area contributed by atoms with Gasteiger partial charge in [0.1, 0.15) is 65.1 Å². The number of esters is 1. The van der Waals surface area contributed by atoms with Gasteiger partial charge in [-0.25, -0.2) is 0 Å². The van der Waals surface area contributed by atoms with Gasteiger partial charge < -0.3 is 43.5 Å². The number of aliphatic hydroxyl groups is 3. The van der Waals surface area contributed by atoms with Crippen molar-refractivity contribution >= 4 is 11.9 Å². The number of benzene rings is 4. The Labute approximate surface area is 432 Å². The van der Waals surface area contributed by atoms with Crippen molar-refractivity contribution < 1.29 is 53.1 Å². The van der Waals surface area contributed by atoms with Crippen LogP contribution in [-0.2, 0) is 36.4 Å². The fraction of sp³-hybridized carbons (Fsp3) is 0.452. The Kier molecular flexibility index (Phi) is 18.0. The van der Waals surface area contributed by atoms with E-state index in [1.165, 1.54) is 22.3 Å². The van der Waals surface area contributed by atoms with Crippen molar-refractivity contribution in [2.75, 3.05) is 13.2 Å². The molecular weight excluding hydrogens is 921 g/mol. The van der Waals surface area contributed by atoms with Crippen LogP contribution in [0, 0.1) is 27.7 Å². The van der Waals surface area contributed by atoms with Gasteiger partial charge in [-0.3, -0.25) is 9.59 Å². The molecule has 0 saturated carbocycles. The first-order chi connectivity index (χ1) is 34.5. The van der Waals surface area contributed by atoms with Gasteiger partial charge in [0.15, 0.2) is 0 Å². The molecule has 0 amide bonds. The van der Waals surface area contributed by atoms with E-state index < -0.39 is 23.3 Å². The molecule has 3 heterocycles. The number of aryl methyl sites for hydroxylation is 4. The van der Waals surface area contributed by atoms with Gasteiger partial charge in [-0.05, 0) is 175 Å². The second kappa shape index (κ2) is 23.4. The Morgan fingerprint density at radius 3 is 1.37 bits per heavy atom. The molecule has 4 aromatic carbocycles. The number of aliphatic hydroxyl groups excluding tert-OH is 1. The van der Waals surface area contributed by atoms with Crippen LogP contribution in [0.3, 0.4) is 0 Å². The lowest BCUT2D eigenvalue weighted by Gasteiger charge is -2.34. The maximum atomic E-state index is 11.4. The van der Waals surface area contributed by atoms with E-state index in [4.69, 9.17) is 28.2 Å². The van der Waals surface area contributed by atoms with Crippen molar-refractivity contribution in [3.05, 3.63) is 153 Å². The van der Waals surface area contributed by atoms with Crippen molar-refractivity contribution in [2.24, 2.45) is 0 Å². The Morgan fingerprint density at radius 2 is 1.03 bits per heavy atom. The van der Waals surface area contributed by atoms with Gasteiger partial charge >= 0.3 is 11.9 Å². The van der Waals surface area contributed by atoms with Crippen molar-refractivity contribution in [3.63, 3.8) is 0 Å². The third-order valence-electron chi connectivity index (χ3n) is 14.9. The number of carboxylic acid groups (broad SMARTS) is 1. The fourth-order valence-corrected chi connectivity index (χ4v) is 10.2. The number of ether oxygens (including phenoxy) is 3. The van der Waals surface area contributed by atoms with Crippen LogP contribution < -0.4 is 9.47 Å². The zero-order valence-corrected chi connectivity index (χ0v) is 45.1. The lowest BCUT2D eigenvalue weighted by atomic mass is 9.70. The van der Waals surface area contributed by atoms with Gasteiger partial charge in [0.05, 0.1) is 6.10 Å². The van der Waals surface area contributed by atoms with Crippen LogP contribution in [0.4, 0.5) is 0 Å². The number of rotatable bonds is 21. The molecule has 0 spiro atoms. The SMILES string of the molecule is CCC(CC)(c1ccc(OC[C@H](O)CCC(=O)O)c(C)c1)c1ccc(-c2ccc(C(C)(C)O)o2)c(C)c1.CCC(CC)(c1ccc(OC[C@H]2CCC(=O)O2)c(C)c1)c1ccc(-c2ccc(C(C)(C)O)o2)c(C)c1. The van der Waals surface area contributed by atoms with Crippen molar-refractivity contribution in [1.29, 1.82) is 0 Å². The molecule has 4 N–H and O–H groups in total. The smallest absolute Gasteiger partial charge is 0.306 e. The largest absolute Gasteiger partial charge is 0.491 e. The van der Waals surface area contributed by atoms with Gasteiger partial charge in [0.25, 0.3) is 0 Å². The normalized spacial score (nSPS) is 14.6. The standard InChI is InChI=1S/C31H40O6.C31H38O5/c1-7-31(8-2,23-10-13-26(21(4)18-23)36-19-24(32)11-16-29(33)34)22-9-12-25(20(3)17-22)27-14-15-28(37-27)30(5,6)35;1-7-31(8-2,23-10-13-26(21(4)18-23)34-19-24-11-16-29(32)35-24)22-9-12-25(20(3)17-22)27-14-15-28(36-27)30(5,6)33/h9-10,12-15,17-18,24,32,35H,7-8,11,16,19H2,1-6H3,(H,33,34);9-10,12-15,17-18,24,33H,7-8,11,16,19H2,1-6H3/t2*24-/m11/s1. The van der Waals surface area contributed by atoms with Crippen LogP contribution in [0.15, 0.2) is 106 Å². The lowest BCUT2D eigenvalue weighted by Crippen LogP contribution is -2.26. The van der Waals surface area contributed by atoms with Crippen molar-refractivity contribution in [2.45, 2.75) is 169 Å². The molecule has 0 unspecified atom stereocenters. The molecule has 1 aliphatic heterocycles. The first-order valence-electron chi connectivity index (χ1n) is 25.9. The monoisotopic (exact) mass is 999 g/mol. The Morgan fingerprint density at radius 1 is 0.616 bits per heavy atom. The molecule has 73 heavy (non-hydrogen) atoms. The molecule has 6 aromatic rings. The molecule has 1 saturated heterocycles. The number of aliphatic carboxylic acids is 1. The van der Waals surface area contributed by atoms with E-state index in [1.54, 1.807) is 27.7 Å². The minimum absolute atomic E-state index is 0.0583. The number of cyclic esters (lactones) is 1. The first kappa shape index (κ1) is 56.2. The zero-order valence-electron chi connectivity index (χ0n) is 45.1. The van der Waals surface area contributed by atoms with E-state index in [1.807, 2.05) is 43.3 Å². The van der Waals surface area contributed by atoms with E-state index in [0.717, 1.165) is 82.8 Å². The van der Waals surface area contributed by atoms with Crippen LogP contribution >= 0.6 is 0 Å². The number of carbonyl (C=O) groups excluding carboxylic acids is 1. The molecule has 11 nitrogen and oxygen atoms in total. The molecule has 0 bridgehead atoms. The summed E-state index contributed by atoms with van der Waals surface area (Å²) in [5, 5.41) is 39.4. The van der Waals surface area contributed by atoms with Gasteiger partial charge in [0, 0.05) is 34.8 Å². The predicted octanol–water partition coefficient (Wildman–Crippen LogP) is 13.5. The number of furan rings is 2. The molecule has 2 aromatic heterocycles. The summed E-state index contributed by atoms with van der Waals surface area (Å²) in [7, 11) is 0. The summed E-state index contributed by atoms with van der Waals surface area (Å²) in [5.74, 6) is 3.04. The van der Waals surface area contributed by atoms with Crippen LogP contribution in [0.1, 0.15) is 163 Å². The molecule has 392 valence electrons. The number of carbonyl (C=O) groups is 2. The van der Waals surface area contributed by atoms with Gasteiger partial charge in [-0.1, -0.05) is 88.4 Å². The molecular formula is C62H78O11. The van der Waals surface area contributed by atoms with Gasteiger partial charge in [0.2, 0.25) is 0 Å². The third-order valence-corrected chi connectivity index (χ3v) is 14.9. The molecule has 0 aliphatic carbocycles. The van der Waals surface area contributed by atoms with Gasteiger partial charge in [-0.15, -0.1) is 0 Å². The van der Waals surface area contributed by atoms with E-state index in [9.17, 15) is 24.9 Å². The summed E-state index contributed by atoms with van der Waals surface area (Å²) < 4.78 is 29.0. The second-order valence-corrected chi connectivity index (χ2v) is 20.9. The first-order valence-corrected chi connectivity index (χ1v) is 25.9. The van der Waals surface area contributed by atoms with E-state index in [-0.39, 0.29) is 42.4 Å². The highest BCUT2D eigenvalue weighted by atomic mass is 16.6. The maximum absolute atomic E-state index is 11.4. The Bertz CT molecular complexity index is 2820. The summed E-state index contributed by atoms with van der Waals surface area (Å²) in [6.45, 7) is 24.5. The third kappa shape index (κ3) is 13.0. The topological polar surface area (TPSA) is 169 Å². The molecule has 2 atom stereocenters. The van der Waals surface area contributed by atoms with Crippen molar-refractivity contribution in [3.8, 4) is 34.1 Å². The minimum Gasteiger partial charge on any atom is -0.491 e. The van der Waals surface area contributed by atoms with Crippen LogP contribution in [0.2, 0.25) is 0 Å². The molecule has 11 heteroatoms. The van der Waals surface area contributed by atoms with Crippen LogP contribution in [-0.4, -0.2) is 57.8 Å². The summed E-state index contributed by atoms with van der Waals surface area (Å²) in [5.41, 5.74) is 8.92. The molecule has 1 aliphatic rings. The quantitative estimate of drug-likeness (QED) is 0.0506. The molecule has 1 fully saturated rings. The predicted molar refractivity (Wildman–Crippen MR) is 286 cm³/mol. The maximum Gasteiger partial charge on any atom is 0.306 e. The summed E-state index contributed by atoms with van der Waals surface area (Å²) >= 11 is 0. The second-order valence-electron chi connectivity index (χ2n) is 20.9. The highest BCUT2D eigenvalue weighted by Crippen LogP contribution is 2.44. The summed E-state index contributed by atoms with van der Waals surface area (Å²) in [6.07, 6.45) is 4.04. The van der Waals surface area contributed by atoms with Crippen molar-refractivity contribution in [1.82, 2.24) is 0 Å². The highest BCUT2D eigenvalue weighted by molar-refractivity contribution is 5.71. The van der Waals surface area contributed by atoms with E-state index in [2.05, 4.69) is 109 Å². The fourth-order valence-electron chi connectivity index (χ4n) is 10.2. The highest BCUT2D eigenvalue weighted by Gasteiger charge is 2.34. The zero-order chi connectivity index (χ0) is 53.5. The van der Waals surface area contributed by atoms with Crippen LogP contribution in [0.5, 0.6) is 11.5 Å². The molecule has 0 radical (unpaired) electrons. The number of carboxylic acids is 1. The average molecular weight is 999 g/mol.